The van der Waals surface area contributed by atoms with Crippen LogP contribution in [0.3, 0.4) is 0 Å². The van der Waals surface area contributed by atoms with E-state index in [1.165, 1.54) is 18.3 Å². The highest BCUT2D eigenvalue weighted by Crippen LogP contribution is 2.39. The van der Waals surface area contributed by atoms with Crippen molar-refractivity contribution < 1.29 is 22.8 Å². The lowest BCUT2D eigenvalue weighted by atomic mass is 9.91. The fourth-order valence-electron chi connectivity index (χ4n) is 4.57. The van der Waals surface area contributed by atoms with E-state index in [-0.39, 0.29) is 22.2 Å². The molecule has 0 aliphatic heterocycles. The molecule has 0 bridgehead atoms. The molecule has 0 spiro atoms. The van der Waals surface area contributed by atoms with Crippen LogP contribution in [0, 0.1) is 0 Å². The van der Waals surface area contributed by atoms with Crippen LogP contribution < -0.4 is 10.6 Å². The fourth-order valence-corrected chi connectivity index (χ4v) is 4.57. The predicted molar refractivity (Wildman–Crippen MR) is 149 cm³/mol. The Hall–Kier alpha value is -4.98. The quantitative estimate of drug-likeness (QED) is 0.210. The predicted octanol–water partition coefficient (Wildman–Crippen LogP) is 7.52. The van der Waals surface area contributed by atoms with Crippen LogP contribution >= 0.6 is 0 Å². The number of aromatic nitrogens is 1. The van der Waals surface area contributed by atoms with Gasteiger partial charge in [0.1, 0.15) is 0 Å². The van der Waals surface area contributed by atoms with Crippen molar-refractivity contribution in [1.29, 1.82) is 0 Å². The van der Waals surface area contributed by atoms with Gasteiger partial charge in [-0.3, -0.25) is 9.78 Å². The second-order valence-corrected chi connectivity index (χ2v) is 9.14. The van der Waals surface area contributed by atoms with E-state index in [2.05, 4.69) is 15.6 Å². The number of rotatable bonds is 7. The first-order valence-electron chi connectivity index (χ1n) is 12.6. The number of fused-ring (bicyclic) bond motifs is 1. The summed E-state index contributed by atoms with van der Waals surface area (Å²) in [5.74, 6) is -0.376. The summed E-state index contributed by atoms with van der Waals surface area (Å²) in [5, 5.41) is 5.76. The molecule has 0 aliphatic carbocycles. The van der Waals surface area contributed by atoms with E-state index in [4.69, 9.17) is 0 Å². The van der Waals surface area contributed by atoms with E-state index in [1.54, 1.807) is 54.6 Å². The first-order valence-corrected chi connectivity index (χ1v) is 12.6. The van der Waals surface area contributed by atoms with Gasteiger partial charge < -0.3 is 10.6 Å². The highest BCUT2D eigenvalue weighted by atomic mass is 19.4. The van der Waals surface area contributed by atoms with Crippen LogP contribution in [0.25, 0.3) is 22.0 Å². The largest absolute Gasteiger partial charge is 0.418 e. The van der Waals surface area contributed by atoms with Crippen molar-refractivity contribution in [2.24, 2.45) is 0 Å². The van der Waals surface area contributed by atoms with Gasteiger partial charge in [0.05, 0.1) is 11.1 Å². The maximum absolute atomic E-state index is 13.8. The first kappa shape index (κ1) is 26.6. The molecule has 0 fully saturated rings. The average Bonchev–Trinajstić information content (AvgIpc) is 2.96. The summed E-state index contributed by atoms with van der Waals surface area (Å²) in [6, 6.07) is 28.2. The third-order valence-electron chi connectivity index (χ3n) is 6.43. The van der Waals surface area contributed by atoms with Gasteiger partial charge in [-0.2, -0.15) is 13.2 Å². The average molecular weight is 540 g/mol. The summed E-state index contributed by atoms with van der Waals surface area (Å²) in [6.07, 6.45) is -2.78. The second-order valence-electron chi connectivity index (χ2n) is 9.14. The number of urea groups is 1. The number of pyridine rings is 1. The van der Waals surface area contributed by atoms with Gasteiger partial charge in [0.2, 0.25) is 0 Å². The number of benzene rings is 4. The molecule has 200 valence electrons. The van der Waals surface area contributed by atoms with E-state index < -0.39 is 17.8 Å². The van der Waals surface area contributed by atoms with Gasteiger partial charge in [-0.05, 0) is 35.7 Å². The standard InChI is InChI=1S/C32H24F3N3O2/c33-32(34,35)27-16-8-15-25-28(26(20-37-29(25)27)30(39)22-11-5-2-6-12-22)23-13-7-14-24(19-23)38-31(40)36-18-17-21-9-3-1-4-10-21/h1-16,19-20H,17-18H2,(H2,36,38,40). The molecule has 2 amide bonds. The molecular weight excluding hydrogens is 515 g/mol. The number of nitrogens with one attached hydrogen (secondary N) is 2. The normalized spacial score (nSPS) is 11.3. The van der Waals surface area contributed by atoms with Crippen LogP contribution in [-0.4, -0.2) is 23.3 Å². The number of alkyl halides is 3. The van der Waals surface area contributed by atoms with Gasteiger partial charge in [-0.15, -0.1) is 0 Å². The molecule has 0 unspecified atom stereocenters. The van der Waals surface area contributed by atoms with Gasteiger partial charge in [0.15, 0.2) is 5.78 Å². The Morgan fingerprint density at radius 3 is 2.23 bits per heavy atom. The van der Waals surface area contributed by atoms with Gasteiger partial charge >= 0.3 is 12.2 Å². The zero-order valence-corrected chi connectivity index (χ0v) is 21.2. The van der Waals surface area contributed by atoms with Gasteiger partial charge in [-0.25, -0.2) is 4.79 Å². The molecule has 5 aromatic rings. The van der Waals surface area contributed by atoms with Crippen LogP contribution in [0.2, 0.25) is 0 Å². The third-order valence-corrected chi connectivity index (χ3v) is 6.43. The topological polar surface area (TPSA) is 71.1 Å². The lowest BCUT2D eigenvalue weighted by Crippen LogP contribution is -2.30. The van der Waals surface area contributed by atoms with E-state index in [1.807, 2.05) is 30.3 Å². The molecule has 0 atom stereocenters. The van der Waals surface area contributed by atoms with E-state index >= 15 is 0 Å². The maximum Gasteiger partial charge on any atom is 0.418 e. The molecule has 2 N–H and O–H groups in total. The highest BCUT2D eigenvalue weighted by molar-refractivity contribution is 6.17. The molecule has 0 radical (unpaired) electrons. The Morgan fingerprint density at radius 2 is 1.50 bits per heavy atom. The highest BCUT2D eigenvalue weighted by Gasteiger charge is 2.34. The minimum Gasteiger partial charge on any atom is -0.338 e. The summed E-state index contributed by atoms with van der Waals surface area (Å²) in [4.78, 5) is 30.2. The van der Waals surface area contributed by atoms with Crippen molar-refractivity contribution in [3.8, 4) is 11.1 Å². The summed E-state index contributed by atoms with van der Waals surface area (Å²) < 4.78 is 41.5. The smallest absolute Gasteiger partial charge is 0.338 e. The number of hydrogen-bond acceptors (Lipinski definition) is 3. The SMILES string of the molecule is O=C(NCCc1ccccc1)Nc1cccc(-c2c(C(=O)c3ccccc3)cnc3c(C(F)(F)F)cccc23)c1. The molecule has 1 heterocycles. The zero-order chi connectivity index (χ0) is 28.1. The van der Waals surface area contributed by atoms with Crippen LogP contribution in [0.4, 0.5) is 23.7 Å². The molecule has 5 rings (SSSR count). The Balaban J connectivity index is 1.51. The lowest BCUT2D eigenvalue weighted by Gasteiger charge is -2.16. The molecule has 8 heteroatoms. The summed E-state index contributed by atoms with van der Waals surface area (Å²) in [5.41, 5.74) is 1.66. The van der Waals surface area contributed by atoms with Crippen LogP contribution in [0.15, 0.2) is 109 Å². The zero-order valence-electron chi connectivity index (χ0n) is 21.2. The Bertz CT molecular complexity index is 1670. The van der Waals surface area contributed by atoms with Crippen LogP contribution in [0.5, 0.6) is 0 Å². The minimum atomic E-state index is -4.63. The molecule has 40 heavy (non-hydrogen) atoms. The molecular formula is C32H24F3N3O2. The number of para-hydroxylation sites is 1. The van der Waals surface area contributed by atoms with Crippen molar-refractivity contribution in [1.82, 2.24) is 10.3 Å². The van der Waals surface area contributed by atoms with E-state index in [0.29, 0.717) is 35.3 Å². The monoisotopic (exact) mass is 539 g/mol. The lowest BCUT2D eigenvalue weighted by molar-refractivity contribution is -0.136. The Labute approximate surface area is 228 Å². The molecule has 4 aromatic carbocycles. The number of anilines is 1. The Morgan fingerprint density at radius 1 is 0.800 bits per heavy atom. The van der Waals surface area contributed by atoms with Gasteiger partial charge in [0, 0.05) is 40.5 Å². The number of carbonyl (C=O) groups is 2. The molecule has 0 aliphatic rings. The van der Waals surface area contributed by atoms with Crippen molar-refractivity contribution in [2.45, 2.75) is 12.6 Å². The summed E-state index contributed by atoms with van der Waals surface area (Å²) in [7, 11) is 0. The van der Waals surface area contributed by atoms with Crippen molar-refractivity contribution in [3.05, 3.63) is 132 Å². The fraction of sp³-hybridized carbons (Fsp3) is 0.0938. The number of halogens is 3. The van der Waals surface area contributed by atoms with Crippen molar-refractivity contribution in [3.63, 3.8) is 0 Å². The molecule has 0 saturated carbocycles. The third kappa shape index (κ3) is 5.86. The van der Waals surface area contributed by atoms with Crippen molar-refractivity contribution in [2.75, 3.05) is 11.9 Å². The number of ketones is 1. The molecule has 5 nitrogen and oxygen atoms in total. The number of carbonyl (C=O) groups excluding carboxylic acids is 2. The van der Waals surface area contributed by atoms with E-state index in [9.17, 15) is 22.8 Å². The number of hydrogen-bond donors (Lipinski definition) is 2. The van der Waals surface area contributed by atoms with Crippen LogP contribution in [-0.2, 0) is 12.6 Å². The van der Waals surface area contributed by atoms with Crippen molar-refractivity contribution >= 4 is 28.4 Å². The first-order chi connectivity index (χ1) is 19.3. The van der Waals surface area contributed by atoms with E-state index in [0.717, 1.165) is 11.6 Å². The van der Waals surface area contributed by atoms with Crippen LogP contribution in [0.1, 0.15) is 27.0 Å². The maximum atomic E-state index is 13.8. The second kappa shape index (κ2) is 11.4. The summed E-state index contributed by atoms with van der Waals surface area (Å²) in [6.45, 7) is 0.417. The number of amides is 2. The molecule has 1 aromatic heterocycles. The summed E-state index contributed by atoms with van der Waals surface area (Å²) >= 11 is 0. The Kier molecular flexibility index (Phi) is 7.59. The van der Waals surface area contributed by atoms with Gasteiger partial charge in [-0.1, -0.05) is 84.9 Å². The van der Waals surface area contributed by atoms with Gasteiger partial charge in [0.25, 0.3) is 0 Å². The molecule has 0 saturated heterocycles. The number of nitrogens with zero attached hydrogens (tertiary/aromatic N) is 1. The minimum absolute atomic E-state index is 0.155.